The summed E-state index contributed by atoms with van der Waals surface area (Å²) in [5.74, 6) is 0. The van der Waals surface area contributed by atoms with E-state index in [2.05, 4.69) is 0 Å². The van der Waals surface area contributed by atoms with E-state index in [9.17, 15) is 10.2 Å². The van der Waals surface area contributed by atoms with Crippen molar-refractivity contribution in [1.29, 1.82) is 0 Å². The molecular formula is C23H28O5. The number of aliphatic hydroxyl groups is 2. The molecule has 5 heteroatoms. The lowest BCUT2D eigenvalue weighted by Gasteiger charge is -2.37. The SMILES string of the molecule is CCO[C@H]1C=C(COCc2ccccc2)[C@H](O)[C@@H](OCc2ccccc2)[C@@H]1O. The average molecular weight is 384 g/mol. The maximum atomic E-state index is 10.8. The highest BCUT2D eigenvalue weighted by molar-refractivity contribution is 5.22. The first kappa shape index (κ1) is 20.7. The van der Waals surface area contributed by atoms with E-state index in [0.29, 0.717) is 25.4 Å². The molecule has 1 aliphatic carbocycles. The molecular weight excluding hydrogens is 356 g/mol. The van der Waals surface area contributed by atoms with Crippen LogP contribution < -0.4 is 0 Å². The van der Waals surface area contributed by atoms with Crippen LogP contribution in [0.15, 0.2) is 72.3 Å². The van der Waals surface area contributed by atoms with Crippen LogP contribution in [0.2, 0.25) is 0 Å². The van der Waals surface area contributed by atoms with Gasteiger partial charge in [0.25, 0.3) is 0 Å². The monoisotopic (exact) mass is 384 g/mol. The van der Waals surface area contributed by atoms with Gasteiger partial charge in [-0.25, -0.2) is 0 Å². The molecule has 0 saturated carbocycles. The predicted octanol–water partition coefficient (Wildman–Crippen LogP) is 2.86. The van der Waals surface area contributed by atoms with Gasteiger partial charge in [-0.15, -0.1) is 0 Å². The topological polar surface area (TPSA) is 68.2 Å². The van der Waals surface area contributed by atoms with Gasteiger partial charge in [0.15, 0.2) is 0 Å². The summed E-state index contributed by atoms with van der Waals surface area (Å²) in [4.78, 5) is 0. The zero-order valence-electron chi connectivity index (χ0n) is 16.1. The van der Waals surface area contributed by atoms with Crippen molar-refractivity contribution in [1.82, 2.24) is 0 Å². The molecule has 0 unspecified atom stereocenters. The summed E-state index contributed by atoms with van der Waals surface area (Å²) in [5.41, 5.74) is 2.70. The van der Waals surface area contributed by atoms with E-state index in [-0.39, 0.29) is 6.61 Å². The Bertz CT molecular complexity index is 731. The molecule has 0 saturated heterocycles. The molecule has 0 aliphatic heterocycles. The van der Waals surface area contributed by atoms with Crippen LogP contribution in [0.5, 0.6) is 0 Å². The molecule has 0 fully saturated rings. The largest absolute Gasteiger partial charge is 0.387 e. The molecule has 0 bridgehead atoms. The average Bonchev–Trinajstić information content (AvgIpc) is 2.73. The number of aliphatic hydroxyl groups excluding tert-OH is 2. The standard InChI is InChI=1S/C23H28O5/c1-2-27-20-13-19(16-26-14-17-9-5-3-6-10-17)21(24)23(22(20)25)28-15-18-11-7-4-8-12-18/h3-13,20-25H,2,14-16H2,1H3/t20-,21-,22+,23+/m0/s1. The van der Waals surface area contributed by atoms with E-state index in [1.54, 1.807) is 6.08 Å². The second-order valence-electron chi connectivity index (χ2n) is 6.84. The summed E-state index contributed by atoms with van der Waals surface area (Å²) in [7, 11) is 0. The molecule has 1 aliphatic rings. The normalized spacial score (nSPS) is 24.8. The van der Waals surface area contributed by atoms with E-state index in [4.69, 9.17) is 14.2 Å². The number of hydrogen-bond donors (Lipinski definition) is 2. The third-order valence-corrected chi connectivity index (χ3v) is 4.77. The second-order valence-corrected chi connectivity index (χ2v) is 6.84. The molecule has 3 rings (SSSR count). The maximum Gasteiger partial charge on any atom is 0.116 e. The lowest BCUT2D eigenvalue weighted by Crippen LogP contribution is -2.51. The van der Waals surface area contributed by atoms with Crippen LogP contribution in [0.1, 0.15) is 18.1 Å². The Morgan fingerprint density at radius 2 is 1.39 bits per heavy atom. The highest BCUT2D eigenvalue weighted by atomic mass is 16.5. The first-order chi connectivity index (χ1) is 13.7. The first-order valence-corrected chi connectivity index (χ1v) is 9.64. The van der Waals surface area contributed by atoms with Crippen LogP contribution in [-0.2, 0) is 27.4 Å². The van der Waals surface area contributed by atoms with Gasteiger partial charge in [-0.05, 0) is 29.7 Å². The van der Waals surface area contributed by atoms with Gasteiger partial charge in [-0.2, -0.15) is 0 Å². The van der Waals surface area contributed by atoms with Crippen molar-refractivity contribution >= 4 is 0 Å². The van der Waals surface area contributed by atoms with E-state index in [0.717, 1.165) is 11.1 Å². The maximum absolute atomic E-state index is 10.8. The van der Waals surface area contributed by atoms with Crippen molar-refractivity contribution in [3.8, 4) is 0 Å². The van der Waals surface area contributed by atoms with Crippen molar-refractivity contribution in [3.05, 3.63) is 83.4 Å². The van der Waals surface area contributed by atoms with E-state index >= 15 is 0 Å². The third-order valence-electron chi connectivity index (χ3n) is 4.77. The molecule has 150 valence electrons. The molecule has 5 nitrogen and oxygen atoms in total. The molecule has 0 aromatic heterocycles. The predicted molar refractivity (Wildman–Crippen MR) is 107 cm³/mol. The van der Waals surface area contributed by atoms with Gasteiger partial charge in [0.05, 0.1) is 19.8 Å². The van der Waals surface area contributed by atoms with Crippen LogP contribution in [-0.4, -0.2) is 47.8 Å². The highest BCUT2D eigenvalue weighted by Gasteiger charge is 2.39. The van der Waals surface area contributed by atoms with Gasteiger partial charge < -0.3 is 24.4 Å². The molecule has 0 heterocycles. The molecule has 4 atom stereocenters. The third kappa shape index (κ3) is 5.50. The number of benzene rings is 2. The van der Waals surface area contributed by atoms with E-state index in [1.807, 2.05) is 67.6 Å². The van der Waals surface area contributed by atoms with Gasteiger partial charge in [0.1, 0.15) is 24.4 Å². The Hall–Kier alpha value is -2.02. The smallest absolute Gasteiger partial charge is 0.116 e. The highest BCUT2D eigenvalue weighted by Crippen LogP contribution is 2.26. The van der Waals surface area contributed by atoms with Gasteiger partial charge in [0, 0.05) is 6.61 Å². The van der Waals surface area contributed by atoms with Crippen molar-refractivity contribution in [2.75, 3.05) is 13.2 Å². The number of ether oxygens (including phenoxy) is 3. The summed E-state index contributed by atoms with van der Waals surface area (Å²) in [6.07, 6.45) is -1.46. The van der Waals surface area contributed by atoms with Crippen LogP contribution in [0.3, 0.4) is 0 Å². The molecule has 0 radical (unpaired) electrons. The van der Waals surface area contributed by atoms with E-state index < -0.39 is 24.4 Å². The van der Waals surface area contributed by atoms with Crippen molar-refractivity contribution < 1.29 is 24.4 Å². The summed E-state index contributed by atoms with van der Waals surface area (Å²) in [6, 6.07) is 19.5. The quantitative estimate of drug-likeness (QED) is 0.651. The molecule has 0 spiro atoms. The Balaban J connectivity index is 1.64. The summed E-state index contributed by atoms with van der Waals surface area (Å²) >= 11 is 0. The van der Waals surface area contributed by atoms with Gasteiger partial charge in [0.2, 0.25) is 0 Å². The number of rotatable bonds is 9. The van der Waals surface area contributed by atoms with Crippen LogP contribution in [0, 0.1) is 0 Å². The zero-order chi connectivity index (χ0) is 19.8. The molecule has 0 amide bonds. The van der Waals surface area contributed by atoms with Gasteiger partial charge in [-0.1, -0.05) is 60.7 Å². The fourth-order valence-electron chi connectivity index (χ4n) is 3.28. The van der Waals surface area contributed by atoms with Gasteiger partial charge >= 0.3 is 0 Å². The second kappa shape index (κ2) is 10.5. The Labute approximate surface area is 166 Å². The lowest BCUT2D eigenvalue weighted by molar-refractivity contribution is -0.143. The summed E-state index contributed by atoms with van der Waals surface area (Å²) in [5, 5.41) is 21.4. The Morgan fingerprint density at radius 3 is 2.00 bits per heavy atom. The summed E-state index contributed by atoms with van der Waals surface area (Å²) < 4.78 is 17.3. The van der Waals surface area contributed by atoms with E-state index in [1.165, 1.54) is 0 Å². The van der Waals surface area contributed by atoms with Gasteiger partial charge in [-0.3, -0.25) is 0 Å². The molecule has 2 aromatic rings. The van der Waals surface area contributed by atoms with Crippen molar-refractivity contribution in [2.24, 2.45) is 0 Å². The Kier molecular flexibility index (Phi) is 7.77. The summed E-state index contributed by atoms with van der Waals surface area (Å²) in [6.45, 7) is 3.32. The molecule has 2 N–H and O–H groups in total. The van der Waals surface area contributed by atoms with Crippen molar-refractivity contribution in [3.63, 3.8) is 0 Å². The minimum absolute atomic E-state index is 0.248. The first-order valence-electron chi connectivity index (χ1n) is 9.64. The molecule has 2 aromatic carbocycles. The fourth-order valence-corrected chi connectivity index (χ4v) is 3.28. The number of hydrogen-bond acceptors (Lipinski definition) is 5. The molecule has 28 heavy (non-hydrogen) atoms. The van der Waals surface area contributed by atoms with Crippen LogP contribution in [0.25, 0.3) is 0 Å². The minimum atomic E-state index is -0.953. The fraction of sp³-hybridized carbons (Fsp3) is 0.391. The van der Waals surface area contributed by atoms with Crippen LogP contribution in [0.4, 0.5) is 0 Å². The van der Waals surface area contributed by atoms with Crippen LogP contribution >= 0.6 is 0 Å². The lowest BCUT2D eigenvalue weighted by atomic mass is 9.89. The van der Waals surface area contributed by atoms with Crippen molar-refractivity contribution in [2.45, 2.75) is 44.6 Å². The zero-order valence-corrected chi connectivity index (χ0v) is 16.1. The minimum Gasteiger partial charge on any atom is -0.387 e. The Morgan fingerprint density at radius 1 is 0.786 bits per heavy atom.